The first kappa shape index (κ1) is 24.3. The topological polar surface area (TPSA) is 25.6 Å². The molecule has 8 aromatic rings. The van der Waals surface area contributed by atoms with Crippen LogP contribution in [0.4, 0.5) is 17.1 Å². The molecule has 0 N–H and O–H groups in total. The van der Waals surface area contributed by atoms with E-state index < -0.39 is 5.41 Å². The largest absolute Gasteiger partial charge is 0.454 e. The predicted octanol–water partition coefficient (Wildman–Crippen LogP) is 11.5. The lowest BCUT2D eigenvalue weighted by atomic mass is 9.69. The number of fused-ring (bicyclic) bond motifs is 15. The Labute approximate surface area is 265 Å². The molecule has 1 aliphatic heterocycles. The third kappa shape index (κ3) is 2.80. The smallest absolute Gasteiger partial charge is 0.159 e. The number of ether oxygens (including phenoxy) is 1. The maximum absolute atomic E-state index is 6.99. The lowest BCUT2D eigenvalue weighted by Crippen LogP contribution is -2.29. The summed E-state index contributed by atoms with van der Waals surface area (Å²) >= 11 is 0. The molecule has 0 amide bonds. The third-order valence-corrected chi connectivity index (χ3v) is 10.2. The molecule has 2 aliphatic carbocycles. The van der Waals surface area contributed by atoms with E-state index in [0.29, 0.717) is 0 Å². The summed E-state index contributed by atoms with van der Waals surface area (Å²) in [5.74, 6) is 1.64. The van der Waals surface area contributed by atoms with Gasteiger partial charge in [0.1, 0.15) is 5.58 Å². The van der Waals surface area contributed by atoms with Crippen LogP contribution in [0.2, 0.25) is 0 Å². The maximum Gasteiger partial charge on any atom is 0.159 e. The minimum atomic E-state index is -0.552. The number of furan rings is 1. The number of hydrogen-bond donors (Lipinski definition) is 0. The number of benzene rings is 7. The van der Waals surface area contributed by atoms with Gasteiger partial charge in [0, 0.05) is 16.3 Å². The summed E-state index contributed by atoms with van der Waals surface area (Å²) in [7, 11) is 0. The fourth-order valence-corrected chi connectivity index (χ4v) is 8.57. The van der Waals surface area contributed by atoms with Crippen molar-refractivity contribution < 1.29 is 9.15 Å². The fourth-order valence-electron chi connectivity index (χ4n) is 8.57. The highest BCUT2D eigenvalue weighted by molar-refractivity contribution is 6.16. The van der Waals surface area contributed by atoms with Gasteiger partial charge in [0.2, 0.25) is 0 Å². The van der Waals surface area contributed by atoms with Crippen molar-refractivity contribution >= 4 is 39.0 Å². The van der Waals surface area contributed by atoms with E-state index in [2.05, 4.69) is 144 Å². The van der Waals surface area contributed by atoms with Crippen molar-refractivity contribution in [3.8, 4) is 33.8 Å². The molecule has 3 aliphatic rings. The first-order valence-electron chi connectivity index (χ1n) is 15.8. The summed E-state index contributed by atoms with van der Waals surface area (Å²) in [5.41, 5.74) is 14.4. The second-order valence-corrected chi connectivity index (χ2v) is 12.4. The van der Waals surface area contributed by atoms with Crippen LogP contribution < -0.4 is 9.64 Å². The molecule has 0 saturated carbocycles. The van der Waals surface area contributed by atoms with E-state index in [1.54, 1.807) is 0 Å². The molecule has 0 fully saturated rings. The Balaban J connectivity index is 1.41. The molecule has 0 unspecified atom stereocenters. The van der Waals surface area contributed by atoms with E-state index in [9.17, 15) is 0 Å². The van der Waals surface area contributed by atoms with Crippen molar-refractivity contribution in [2.45, 2.75) is 5.41 Å². The highest BCUT2D eigenvalue weighted by Crippen LogP contribution is 2.67. The number of hydrogen-bond acceptors (Lipinski definition) is 3. The highest BCUT2D eigenvalue weighted by Gasteiger charge is 2.54. The van der Waals surface area contributed by atoms with Gasteiger partial charge in [0.15, 0.2) is 17.1 Å². The van der Waals surface area contributed by atoms with Crippen molar-refractivity contribution in [1.29, 1.82) is 0 Å². The van der Waals surface area contributed by atoms with Gasteiger partial charge in [-0.05, 0) is 75.3 Å². The molecule has 0 radical (unpaired) electrons. The number of anilines is 3. The van der Waals surface area contributed by atoms with Gasteiger partial charge >= 0.3 is 0 Å². The molecule has 0 bridgehead atoms. The zero-order valence-corrected chi connectivity index (χ0v) is 24.7. The molecule has 214 valence electrons. The first-order valence-corrected chi connectivity index (χ1v) is 15.8. The van der Waals surface area contributed by atoms with Crippen molar-refractivity contribution in [1.82, 2.24) is 0 Å². The molecule has 2 heterocycles. The van der Waals surface area contributed by atoms with Gasteiger partial charge in [-0.15, -0.1) is 0 Å². The van der Waals surface area contributed by atoms with E-state index in [4.69, 9.17) is 9.15 Å². The van der Waals surface area contributed by atoms with E-state index >= 15 is 0 Å². The van der Waals surface area contributed by atoms with Crippen LogP contribution in [0.25, 0.3) is 44.2 Å². The second kappa shape index (κ2) is 8.56. The minimum Gasteiger partial charge on any atom is -0.454 e. The van der Waals surface area contributed by atoms with Crippen molar-refractivity contribution in [3.63, 3.8) is 0 Å². The van der Waals surface area contributed by atoms with Gasteiger partial charge in [-0.25, -0.2) is 0 Å². The van der Waals surface area contributed by atoms with Gasteiger partial charge in [0.25, 0.3) is 0 Å². The van der Waals surface area contributed by atoms with Gasteiger partial charge in [-0.2, -0.15) is 0 Å². The molecule has 3 nitrogen and oxygen atoms in total. The molecule has 1 spiro atoms. The summed E-state index contributed by atoms with van der Waals surface area (Å²) < 4.78 is 13.5. The molecule has 0 saturated heterocycles. The van der Waals surface area contributed by atoms with Crippen LogP contribution in [-0.4, -0.2) is 0 Å². The van der Waals surface area contributed by atoms with Crippen molar-refractivity contribution in [2.24, 2.45) is 0 Å². The molecule has 11 rings (SSSR count). The van der Waals surface area contributed by atoms with Crippen LogP contribution in [0.5, 0.6) is 11.5 Å². The Morgan fingerprint density at radius 1 is 0.457 bits per heavy atom. The Bertz CT molecular complexity index is 2500. The van der Waals surface area contributed by atoms with Gasteiger partial charge < -0.3 is 9.15 Å². The molecule has 3 heteroatoms. The minimum absolute atomic E-state index is 0.552. The summed E-state index contributed by atoms with van der Waals surface area (Å²) in [6.45, 7) is 0. The second-order valence-electron chi connectivity index (χ2n) is 12.4. The summed E-state index contributed by atoms with van der Waals surface area (Å²) in [6.07, 6.45) is 0. The van der Waals surface area contributed by atoms with Crippen molar-refractivity contribution in [2.75, 3.05) is 4.90 Å². The molecular formula is C43H25NO2. The summed E-state index contributed by atoms with van der Waals surface area (Å²) in [5, 5.41) is 2.22. The molecular weight excluding hydrogens is 562 g/mol. The van der Waals surface area contributed by atoms with E-state index in [1.807, 2.05) is 12.1 Å². The van der Waals surface area contributed by atoms with Crippen LogP contribution in [-0.2, 0) is 5.41 Å². The average Bonchev–Trinajstić information content (AvgIpc) is 3.74. The molecule has 1 aromatic heterocycles. The third-order valence-electron chi connectivity index (χ3n) is 10.2. The van der Waals surface area contributed by atoms with E-state index in [-0.39, 0.29) is 0 Å². The predicted molar refractivity (Wildman–Crippen MR) is 185 cm³/mol. The van der Waals surface area contributed by atoms with Gasteiger partial charge in [0.05, 0.1) is 22.5 Å². The van der Waals surface area contributed by atoms with Crippen LogP contribution in [0.3, 0.4) is 0 Å². The highest BCUT2D eigenvalue weighted by atomic mass is 16.5. The van der Waals surface area contributed by atoms with Gasteiger partial charge in [-0.1, -0.05) is 115 Å². The Morgan fingerprint density at radius 3 is 1.59 bits per heavy atom. The van der Waals surface area contributed by atoms with Gasteiger partial charge in [-0.3, -0.25) is 4.90 Å². The molecule has 7 aromatic carbocycles. The van der Waals surface area contributed by atoms with Crippen molar-refractivity contribution in [3.05, 3.63) is 174 Å². The Hall–Kier alpha value is -6.06. The molecule has 46 heavy (non-hydrogen) atoms. The van der Waals surface area contributed by atoms with E-state index in [1.165, 1.54) is 44.5 Å². The zero-order chi connectivity index (χ0) is 30.0. The average molecular weight is 588 g/mol. The van der Waals surface area contributed by atoms with Crippen LogP contribution >= 0.6 is 0 Å². The number of para-hydroxylation sites is 5. The Morgan fingerprint density at radius 2 is 0.957 bits per heavy atom. The SMILES string of the molecule is c1ccc2c(c1)Oc1ccccc1N2c1c2c(cc3c1oc1ccccc13)-c1ccccc1C21c2ccccc2-c2ccccc21. The van der Waals surface area contributed by atoms with E-state index in [0.717, 1.165) is 50.5 Å². The molecule has 0 atom stereocenters. The summed E-state index contributed by atoms with van der Waals surface area (Å²) in [4.78, 5) is 2.40. The van der Waals surface area contributed by atoms with Crippen LogP contribution in [0, 0.1) is 0 Å². The summed E-state index contributed by atoms with van der Waals surface area (Å²) in [6, 6.07) is 54.4. The first-order chi connectivity index (χ1) is 22.8. The quantitative estimate of drug-likeness (QED) is 0.191. The number of nitrogens with zero attached hydrogens (tertiary/aromatic N) is 1. The monoisotopic (exact) mass is 587 g/mol. The van der Waals surface area contributed by atoms with Crippen LogP contribution in [0.15, 0.2) is 156 Å². The lowest BCUT2D eigenvalue weighted by Gasteiger charge is -2.38. The zero-order valence-electron chi connectivity index (χ0n) is 24.7. The van der Waals surface area contributed by atoms with Crippen LogP contribution in [0.1, 0.15) is 22.3 Å². The standard InChI is InChI=1S/C43H25NO2/c1-5-17-32-26(13-1)27-14-2-6-18-33(27)43(32)34-19-7-3-15-28(34)30-25-31-29-16-4-10-22-37(29)46-42(31)41(40(30)43)44-35-20-8-11-23-38(35)45-39-24-12-9-21-36(39)44/h1-25H. The normalized spacial score (nSPS) is 14.4. The number of rotatable bonds is 1. The maximum atomic E-state index is 6.99. The lowest BCUT2D eigenvalue weighted by molar-refractivity contribution is 0.477. The Kier molecular flexibility index (Phi) is 4.52. The fraction of sp³-hybridized carbons (Fsp3) is 0.0233.